The molecule has 1 aromatic rings. The lowest BCUT2D eigenvalue weighted by Gasteiger charge is -2.11. The Morgan fingerprint density at radius 1 is 1.33 bits per heavy atom. The molecule has 0 aromatic heterocycles. The molecule has 0 aliphatic rings. The summed E-state index contributed by atoms with van der Waals surface area (Å²) in [5.41, 5.74) is -0.336. The number of ether oxygens (including phenoxy) is 1. The van der Waals surface area contributed by atoms with Crippen LogP contribution in [0.15, 0.2) is 12.1 Å². The van der Waals surface area contributed by atoms with Crippen LogP contribution in [-0.2, 0) is 4.74 Å². The average molecular weight is 278 g/mol. The van der Waals surface area contributed by atoms with Crippen LogP contribution in [0.4, 0.5) is 18.9 Å². The normalized spacial score (nSPS) is 10.2. The molecular weight excluding hydrogens is 265 g/mol. The third-order valence-electron chi connectivity index (χ3n) is 2.05. The van der Waals surface area contributed by atoms with Crippen LogP contribution in [0.5, 0.6) is 0 Å². The number of halogens is 3. The van der Waals surface area contributed by atoms with Gasteiger partial charge in [0.2, 0.25) is 0 Å². The number of thiocarbonyl (C=S) groups is 1. The van der Waals surface area contributed by atoms with Gasteiger partial charge in [-0.05, 0) is 18.6 Å². The van der Waals surface area contributed by atoms with Crippen LogP contribution in [0, 0.1) is 17.5 Å². The molecule has 0 saturated heterocycles. The summed E-state index contributed by atoms with van der Waals surface area (Å²) in [5.74, 6) is -3.31. The molecule has 0 aliphatic heterocycles. The van der Waals surface area contributed by atoms with Gasteiger partial charge in [0.05, 0.1) is 5.69 Å². The number of anilines is 1. The molecule has 100 valence electrons. The van der Waals surface area contributed by atoms with Gasteiger partial charge in [-0.2, -0.15) is 0 Å². The molecule has 0 saturated carbocycles. The predicted molar refractivity (Wildman–Crippen MR) is 67.0 cm³/mol. The highest BCUT2D eigenvalue weighted by Crippen LogP contribution is 2.18. The van der Waals surface area contributed by atoms with Crippen molar-refractivity contribution in [1.29, 1.82) is 0 Å². The van der Waals surface area contributed by atoms with E-state index in [4.69, 9.17) is 17.0 Å². The average Bonchev–Trinajstić information content (AvgIpc) is 2.31. The molecule has 0 aliphatic carbocycles. The first-order valence-corrected chi connectivity index (χ1v) is 5.63. The molecular formula is C11H13F3N2OS. The Bertz CT molecular complexity index is 429. The number of methoxy groups -OCH3 is 1. The number of nitrogens with one attached hydrogen (secondary N) is 2. The fourth-order valence-corrected chi connectivity index (χ4v) is 1.44. The summed E-state index contributed by atoms with van der Waals surface area (Å²) in [6, 6.07) is 1.30. The first kappa shape index (κ1) is 14.7. The van der Waals surface area contributed by atoms with E-state index in [0.717, 1.165) is 6.07 Å². The van der Waals surface area contributed by atoms with Crippen LogP contribution in [0.3, 0.4) is 0 Å². The van der Waals surface area contributed by atoms with Crippen LogP contribution in [0.2, 0.25) is 0 Å². The standard InChI is InChI=1S/C11H13F3N2OS/c1-17-4-2-3-15-11(18)16-9-6-7(12)5-8(13)10(9)14/h5-6H,2-4H2,1H3,(H2,15,16,18). The van der Waals surface area contributed by atoms with Crippen LogP contribution < -0.4 is 10.6 Å². The minimum atomic E-state index is -1.26. The van der Waals surface area contributed by atoms with Crippen molar-refractivity contribution in [1.82, 2.24) is 5.32 Å². The quantitative estimate of drug-likeness (QED) is 0.492. The highest BCUT2D eigenvalue weighted by Gasteiger charge is 2.11. The SMILES string of the molecule is COCCCNC(=S)Nc1cc(F)cc(F)c1F. The zero-order valence-electron chi connectivity index (χ0n) is 9.73. The Hall–Kier alpha value is -1.34. The maximum Gasteiger partial charge on any atom is 0.182 e. The van der Waals surface area contributed by atoms with Gasteiger partial charge >= 0.3 is 0 Å². The van der Waals surface area contributed by atoms with Gasteiger partial charge in [-0.25, -0.2) is 13.2 Å². The summed E-state index contributed by atoms with van der Waals surface area (Å²) in [6.45, 7) is 1.07. The molecule has 18 heavy (non-hydrogen) atoms. The molecule has 0 fully saturated rings. The topological polar surface area (TPSA) is 33.3 Å². The Morgan fingerprint density at radius 3 is 2.72 bits per heavy atom. The van der Waals surface area contributed by atoms with E-state index in [0.29, 0.717) is 25.6 Å². The summed E-state index contributed by atoms with van der Waals surface area (Å²) in [7, 11) is 1.57. The molecule has 2 N–H and O–H groups in total. The van der Waals surface area contributed by atoms with Gasteiger partial charge in [0.1, 0.15) is 5.82 Å². The number of benzene rings is 1. The maximum atomic E-state index is 13.3. The van der Waals surface area contributed by atoms with Crippen molar-refractivity contribution < 1.29 is 17.9 Å². The fraction of sp³-hybridized carbons (Fsp3) is 0.364. The highest BCUT2D eigenvalue weighted by molar-refractivity contribution is 7.80. The number of hydrogen-bond donors (Lipinski definition) is 2. The monoisotopic (exact) mass is 278 g/mol. The zero-order valence-corrected chi connectivity index (χ0v) is 10.5. The molecule has 0 radical (unpaired) electrons. The van der Waals surface area contributed by atoms with E-state index in [1.54, 1.807) is 7.11 Å². The lowest BCUT2D eigenvalue weighted by Crippen LogP contribution is -2.30. The van der Waals surface area contributed by atoms with Gasteiger partial charge in [-0.3, -0.25) is 0 Å². The van der Waals surface area contributed by atoms with Crippen molar-refractivity contribution in [2.24, 2.45) is 0 Å². The molecule has 7 heteroatoms. The Balaban J connectivity index is 2.54. The predicted octanol–water partition coefficient (Wildman–Crippen LogP) is 2.43. The lowest BCUT2D eigenvalue weighted by atomic mass is 10.3. The van der Waals surface area contributed by atoms with Crippen molar-refractivity contribution >= 4 is 23.0 Å². The second kappa shape index (κ2) is 7.17. The Morgan fingerprint density at radius 2 is 2.06 bits per heavy atom. The van der Waals surface area contributed by atoms with Crippen LogP contribution in [0.25, 0.3) is 0 Å². The van der Waals surface area contributed by atoms with Crippen molar-refractivity contribution in [3.05, 3.63) is 29.6 Å². The van der Waals surface area contributed by atoms with Gasteiger partial charge in [0.15, 0.2) is 16.7 Å². The van der Waals surface area contributed by atoms with Gasteiger partial charge in [0, 0.05) is 32.4 Å². The second-order valence-electron chi connectivity index (χ2n) is 3.48. The van der Waals surface area contributed by atoms with E-state index in [-0.39, 0.29) is 10.8 Å². The highest BCUT2D eigenvalue weighted by atomic mass is 32.1. The van der Waals surface area contributed by atoms with Crippen molar-refractivity contribution in [3.8, 4) is 0 Å². The Labute approximate surface area is 108 Å². The smallest absolute Gasteiger partial charge is 0.182 e. The van der Waals surface area contributed by atoms with E-state index in [2.05, 4.69) is 10.6 Å². The zero-order chi connectivity index (χ0) is 13.5. The number of rotatable bonds is 5. The third-order valence-corrected chi connectivity index (χ3v) is 2.30. The van der Waals surface area contributed by atoms with E-state index in [1.165, 1.54) is 0 Å². The maximum absolute atomic E-state index is 13.3. The van der Waals surface area contributed by atoms with Crippen molar-refractivity contribution in [3.63, 3.8) is 0 Å². The Kier molecular flexibility index (Phi) is 5.87. The van der Waals surface area contributed by atoms with Gasteiger partial charge in [0.25, 0.3) is 0 Å². The first-order valence-electron chi connectivity index (χ1n) is 5.23. The molecule has 0 unspecified atom stereocenters. The lowest BCUT2D eigenvalue weighted by molar-refractivity contribution is 0.196. The minimum absolute atomic E-state index is 0.0926. The molecule has 0 spiro atoms. The third kappa shape index (κ3) is 4.50. The molecule has 0 bridgehead atoms. The molecule has 0 heterocycles. The fourth-order valence-electron chi connectivity index (χ4n) is 1.23. The summed E-state index contributed by atoms with van der Waals surface area (Å²) < 4.78 is 43.9. The largest absolute Gasteiger partial charge is 0.385 e. The summed E-state index contributed by atoms with van der Waals surface area (Å²) >= 11 is 4.86. The van der Waals surface area contributed by atoms with E-state index >= 15 is 0 Å². The molecule has 1 aromatic carbocycles. The van der Waals surface area contributed by atoms with E-state index in [1.807, 2.05) is 0 Å². The van der Waals surface area contributed by atoms with Crippen molar-refractivity contribution in [2.45, 2.75) is 6.42 Å². The van der Waals surface area contributed by atoms with E-state index in [9.17, 15) is 13.2 Å². The second-order valence-corrected chi connectivity index (χ2v) is 3.88. The van der Waals surface area contributed by atoms with Crippen LogP contribution in [-0.4, -0.2) is 25.4 Å². The van der Waals surface area contributed by atoms with Crippen LogP contribution >= 0.6 is 12.2 Å². The summed E-state index contributed by atoms with van der Waals surface area (Å²) in [6.07, 6.45) is 0.707. The van der Waals surface area contributed by atoms with Gasteiger partial charge in [-0.15, -0.1) is 0 Å². The first-order chi connectivity index (χ1) is 8.54. The minimum Gasteiger partial charge on any atom is -0.385 e. The van der Waals surface area contributed by atoms with Crippen molar-refractivity contribution in [2.75, 3.05) is 25.6 Å². The summed E-state index contributed by atoms with van der Waals surface area (Å²) in [5, 5.41) is 5.25. The molecule has 3 nitrogen and oxygen atoms in total. The van der Waals surface area contributed by atoms with E-state index < -0.39 is 17.5 Å². The van der Waals surface area contributed by atoms with Gasteiger partial charge < -0.3 is 15.4 Å². The summed E-state index contributed by atoms with van der Waals surface area (Å²) in [4.78, 5) is 0. The molecule has 0 amide bonds. The number of hydrogen-bond acceptors (Lipinski definition) is 2. The molecule has 1 rings (SSSR count). The van der Waals surface area contributed by atoms with Gasteiger partial charge in [-0.1, -0.05) is 0 Å². The van der Waals surface area contributed by atoms with Crippen LogP contribution in [0.1, 0.15) is 6.42 Å². The molecule has 0 atom stereocenters.